The Bertz CT molecular complexity index is 524. The monoisotopic (exact) mass is 260 g/mol. The van der Waals surface area contributed by atoms with Gasteiger partial charge in [0.2, 0.25) is 0 Å². The third-order valence-corrected chi connectivity index (χ3v) is 3.64. The zero-order valence-corrected chi connectivity index (χ0v) is 12.1. The lowest BCUT2D eigenvalue weighted by Crippen LogP contribution is -2.23. The first-order chi connectivity index (χ1) is 9.13. The maximum atomic E-state index is 6.05. The largest absolute Gasteiger partial charge is 0.345 e. The van der Waals surface area contributed by atoms with E-state index in [1.807, 2.05) is 11.7 Å². The van der Waals surface area contributed by atoms with E-state index in [1.165, 1.54) is 11.4 Å². The Labute approximate surface area is 115 Å². The van der Waals surface area contributed by atoms with Gasteiger partial charge in [-0.25, -0.2) is 0 Å². The lowest BCUT2D eigenvalue weighted by molar-refractivity contribution is 0.595. The Morgan fingerprint density at radius 2 is 2.11 bits per heavy atom. The summed E-state index contributed by atoms with van der Waals surface area (Å²) in [4.78, 5) is 0. The molecule has 0 aliphatic rings. The SMILES string of the molecule is CCc1cc(Cn2cccc2CC(N)CC)n(C)n1. The van der Waals surface area contributed by atoms with Crippen molar-refractivity contribution in [2.75, 3.05) is 0 Å². The summed E-state index contributed by atoms with van der Waals surface area (Å²) in [6.45, 7) is 5.13. The van der Waals surface area contributed by atoms with E-state index in [-0.39, 0.29) is 6.04 Å². The molecule has 1 atom stereocenters. The second-order valence-corrected chi connectivity index (χ2v) is 5.10. The lowest BCUT2D eigenvalue weighted by atomic mass is 10.1. The average molecular weight is 260 g/mol. The van der Waals surface area contributed by atoms with Gasteiger partial charge in [0.05, 0.1) is 17.9 Å². The van der Waals surface area contributed by atoms with Crippen molar-refractivity contribution in [3.05, 3.63) is 41.5 Å². The van der Waals surface area contributed by atoms with Crippen molar-refractivity contribution >= 4 is 0 Å². The number of rotatable bonds is 6. The Hall–Kier alpha value is -1.55. The number of aryl methyl sites for hydroxylation is 2. The van der Waals surface area contributed by atoms with Gasteiger partial charge in [-0.05, 0) is 31.0 Å². The summed E-state index contributed by atoms with van der Waals surface area (Å²) in [5, 5.41) is 4.50. The summed E-state index contributed by atoms with van der Waals surface area (Å²) in [6, 6.07) is 6.68. The van der Waals surface area contributed by atoms with Gasteiger partial charge in [0.15, 0.2) is 0 Å². The van der Waals surface area contributed by atoms with E-state index in [1.54, 1.807) is 0 Å². The van der Waals surface area contributed by atoms with E-state index in [4.69, 9.17) is 5.73 Å². The predicted octanol–water partition coefficient (Wildman–Crippen LogP) is 2.11. The molecular weight excluding hydrogens is 236 g/mol. The second kappa shape index (κ2) is 6.06. The summed E-state index contributed by atoms with van der Waals surface area (Å²) in [7, 11) is 2.01. The van der Waals surface area contributed by atoms with Gasteiger partial charge in [-0.1, -0.05) is 13.8 Å². The van der Waals surface area contributed by atoms with Crippen LogP contribution in [-0.2, 0) is 26.4 Å². The van der Waals surface area contributed by atoms with E-state index < -0.39 is 0 Å². The molecule has 4 nitrogen and oxygen atoms in total. The topological polar surface area (TPSA) is 48.8 Å². The molecule has 0 radical (unpaired) electrons. The zero-order valence-electron chi connectivity index (χ0n) is 12.1. The molecular formula is C15H24N4. The van der Waals surface area contributed by atoms with Crippen LogP contribution in [0.3, 0.4) is 0 Å². The van der Waals surface area contributed by atoms with Gasteiger partial charge in [0, 0.05) is 31.4 Å². The predicted molar refractivity (Wildman–Crippen MR) is 78.1 cm³/mol. The van der Waals surface area contributed by atoms with Crippen molar-refractivity contribution in [1.82, 2.24) is 14.3 Å². The van der Waals surface area contributed by atoms with Crippen molar-refractivity contribution < 1.29 is 0 Å². The standard InChI is InChI=1S/C15H24N4/c1-4-12(16)9-14-7-6-8-19(14)11-15-10-13(5-2)17-18(15)3/h6-8,10,12H,4-5,9,11,16H2,1-3H3. The van der Waals surface area contributed by atoms with Crippen LogP contribution in [0.1, 0.15) is 37.4 Å². The Morgan fingerprint density at radius 3 is 2.74 bits per heavy atom. The molecule has 2 aromatic heterocycles. The van der Waals surface area contributed by atoms with Crippen molar-refractivity contribution in [3.63, 3.8) is 0 Å². The van der Waals surface area contributed by atoms with Gasteiger partial charge < -0.3 is 10.3 Å². The summed E-state index contributed by atoms with van der Waals surface area (Å²) < 4.78 is 4.24. The third kappa shape index (κ3) is 3.26. The molecule has 0 saturated carbocycles. The summed E-state index contributed by atoms with van der Waals surface area (Å²) in [5.74, 6) is 0. The Morgan fingerprint density at radius 1 is 1.32 bits per heavy atom. The van der Waals surface area contributed by atoms with Crippen LogP contribution in [0.5, 0.6) is 0 Å². The number of hydrogen-bond acceptors (Lipinski definition) is 2. The second-order valence-electron chi connectivity index (χ2n) is 5.10. The van der Waals surface area contributed by atoms with Crippen LogP contribution in [0.2, 0.25) is 0 Å². The molecule has 0 aliphatic heterocycles. The zero-order chi connectivity index (χ0) is 13.8. The highest BCUT2D eigenvalue weighted by Gasteiger charge is 2.09. The maximum absolute atomic E-state index is 6.05. The fraction of sp³-hybridized carbons (Fsp3) is 0.533. The first-order valence-corrected chi connectivity index (χ1v) is 7.05. The first kappa shape index (κ1) is 13.9. The number of nitrogens with zero attached hydrogens (tertiary/aromatic N) is 3. The highest BCUT2D eigenvalue weighted by atomic mass is 15.3. The first-order valence-electron chi connectivity index (χ1n) is 7.05. The van der Waals surface area contributed by atoms with Crippen molar-refractivity contribution in [1.29, 1.82) is 0 Å². The minimum atomic E-state index is 0.242. The van der Waals surface area contributed by atoms with Gasteiger partial charge in [0.25, 0.3) is 0 Å². The molecule has 2 N–H and O–H groups in total. The van der Waals surface area contributed by atoms with Gasteiger partial charge in [-0.15, -0.1) is 0 Å². The molecule has 0 aromatic carbocycles. The molecule has 0 amide bonds. The Kier molecular flexibility index (Phi) is 4.43. The fourth-order valence-corrected chi connectivity index (χ4v) is 2.27. The number of nitrogens with two attached hydrogens (primary N) is 1. The van der Waals surface area contributed by atoms with E-state index in [0.717, 1.165) is 31.5 Å². The summed E-state index contributed by atoms with van der Waals surface area (Å²) in [5.41, 5.74) is 9.74. The molecule has 19 heavy (non-hydrogen) atoms. The van der Waals surface area contributed by atoms with Gasteiger partial charge in [0.1, 0.15) is 0 Å². The van der Waals surface area contributed by atoms with Crippen molar-refractivity contribution in [3.8, 4) is 0 Å². The fourth-order valence-electron chi connectivity index (χ4n) is 2.27. The smallest absolute Gasteiger partial charge is 0.0642 e. The molecule has 2 heterocycles. The van der Waals surface area contributed by atoms with Crippen molar-refractivity contribution in [2.45, 2.75) is 45.7 Å². The number of hydrogen-bond donors (Lipinski definition) is 1. The molecule has 2 aromatic rings. The summed E-state index contributed by atoms with van der Waals surface area (Å²) >= 11 is 0. The van der Waals surface area contributed by atoms with Crippen molar-refractivity contribution in [2.24, 2.45) is 12.8 Å². The lowest BCUT2D eigenvalue weighted by Gasteiger charge is -2.12. The van der Waals surface area contributed by atoms with Crippen LogP contribution < -0.4 is 5.73 Å². The van der Waals surface area contributed by atoms with Crippen LogP contribution in [-0.4, -0.2) is 20.4 Å². The Balaban J connectivity index is 2.14. The van der Waals surface area contributed by atoms with Crippen LogP contribution in [0.25, 0.3) is 0 Å². The quantitative estimate of drug-likeness (QED) is 0.865. The molecule has 0 saturated heterocycles. The van der Waals surface area contributed by atoms with Gasteiger partial charge >= 0.3 is 0 Å². The minimum Gasteiger partial charge on any atom is -0.345 e. The molecule has 0 aliphatic carbocycles. The molecule has 4 heteroatoms. The van der Waals surface area contributed by atoms with Crippen LogP contribution in [0.15, 0.2) is 24.4 Å². The highest BCUT2D eigenvalue weighted by Crippen LogP contribution is 2.11. The van der Waals surface area contributed by atoms with Crippen LogP contribution in [0.4, 0.5) is 0 Å². The van der Waals surface area contributed by atoms with E-state index in [0.29, 0.717) is 0 Å². The maximum Gasteiger partial charge on any atom is 0.0642 e. The van der Waals surface area contributed by atoms with E-state index in [2.05, 4.69) is 47.9 Å². The van der Waals surface area contributed by atoms with Crippen LogP contribution in [0, 0.1) is 0 Å². The number of aromatic nitrogens is 3. The molecule has 1 unspecified atom stereocenters. The summed E-state index contributed by atoms with van der Waals surface area (Å²) in [6.07, 6.45) is 5.04. The van der Waals surface area contributed by atoms with Gasteiger partial charge in [-0.3, -0.25) is 4.68 Å². The van der Waals surface area contributed by atoms with E-state index in [9.17, 15) is 0 Å². The highest BCUT2D eigenvalue weighted by molar-refractivity contribution is 5.15. The van der Waals surface area contributed by atoms with Crippen LogP contribution >= 0.6 is 0 Å². The molecule has 0 fully saturated rings. The average Bonchev–Trinajstić information content (AvgIpc) is 2.98. The third-order valence-electron chi connectivity index (χ3n) is 3.64. The molecule has 0 bridgehead atoms. The minimum absolute atomic E-state index is 0.242. The molecule has 0 spiro atoms. The normalized spacial score (nSPS) is 12.8. The molecule has 2 rings (SSSR count). The van der Waals surface area contributed by atoms with Gasteiger partial charge in [-0.2, -0.15) is 5.10 Å². The molecule has 104 valence electrons. The van der Waals surface area contributed by atoms with E-state index >= 15 is 0 Å².